The molecule has 0 unspecified atom stereocenters. The van der Waals surface area contributed by atoms with E-state index in [0.29, 0.717) is 5.75 Å². The highest BCUT2D eigenvalue weighted by molar-refractivity contribution is 7.80. The summed E-state index contributed by atoms with van der Waals surface area (Å²) in [7, 11) is 0. The zero-order chi connectivity index (χ0) is 25.8. The Morgan fingerprint density at radius 3 is 2.19 bits per heavy atom. The van der Waals surface area contributed by atoms with Gasteiger partial charge < -0.3 is 10.0 Å². The minimum atomic E-state index is 0.119. The summed E-state index contributed by atoms with van der Waals surface area (Å²) in [5, 5.41) is 8.09. The molecule has 36 heavy (non-hydrogen) atoms. The maximum atomic E-state index is 8.09. The maximum absolute atomic E-state index is 8.09. The second-order valence-corrected chi connectivity index (χ2v) is 9.19. The first-order chi connectivity index (χ1) is 17.5. The van der Waals surface area contributed by atoms with E-state index in [0.717, 1.165) is 25.8 Å². The Morgan fingerprint density at radius 2 is 1.56 bits per heavy atom. The lowest BCUT2D eigenvalue weighted by atomic mass is 9.93. The fraction of sp³-hybridized carbons (Fsp3) is 0.212. The molecule has 0 spiro atoms. The minimum Gasteiger partial charge on any atom is -0.512 e. The number of thiol groups is 1. The molecule has 4 rings (SSSR count). The molecule has 3 aromatic rings. The van der Waals surface area contributed by atoms with Gasteiger partial charge in [-0.05, 0) is 60.1 Å². The molecule has 0 aromatic heterocycles. The maximum Gasteiger partial charge on any atom is 0.0947 e. The number of aliphatic hydroxyl groups is 1. The monoisotopic (exact) mass is 495 g/mol. The molecule has 1 aliphatic heterocycles. The van der Waals surface area contributed by atoms with Crippen molar-refractivity contribution in [1.29, 1.82) is 0 Å². The highest BCUT2D eigenvalue weighted by Crippen LogP contribution is 2.33. The minimum absolute atomic E-state index is 0.119. The van der Waals surface area contributed by atoms with Crippen molar-refractivity contribution in [3.63, 3.8) is 0 Å². The third kappa shape index (κ3) is 8.07. The molecule has 0 saturated heterocycles. The normalized spacial score (nSPS) is 13.7. The summed E-state index contributed by atoms with van der Waals surface area (Å²) in [5.74, 6) is 0.480. The summed E-state index contributed by atoms with van der Waals surface area (Å²) in [6, 6.07) is 28.3. The SMILES string of the molecule is C=C(O)CS.CC/C=C1/C=CC(c2ccccc2-c2ccc(C)cc2)=CN1CCCc1ccccc1. The first-order valence-electron chi connectivity index (χ1n) is 12.6. The van der Waals surface area contributed by atoms with E-state index in [4.69, 9.17) is 5.11 Å². The molecule has 3 heteroatoms. The van der Waals surface area contributed by atoms with Crippen molar-refractivity contribution in [2.24, 2.45) is 0 Å². The Kier molecular flexibility index (Phi) is 10.7. The second-order valence-electron chi connectivity index (χ2n) is 8.87. The fourth-order valence-corrected chi connectivity index (χ4v) is 4.12. The number of nitrogens with zero attached hydrogens (tertiary/aromatic N) is 1. The average Bonchev–Trinajstić information content (AvgIpc) is 2.91. The zero-order valence-electron chi connectivity index (χ0n) is 21.4. The van der Waals surface area contributed by atoms with Gasteiger partial charge in [-0.2, -0.15) is 12.6 Å². The van der Waals surface area contributed by atoms with Crippen LogP contribution in [0.25, 0.3) is 16.7 Å². The van der Waals surface area contributed by atoms with Gasteiger partial charge in [-0.15, -0.1) is 0 Å². The number of benzene rings is 3. The molecule has 0 aliphatic carbocycles. The van der Waals surface area contributed by atoms with Crippen LogP contribution in [0.1, 0.15) is 36.5 Å². The summed E-state index contributed by atoms with van der Waals surface area (Å²) >= 11 is 3.67. The van der Waals surface area contributed by atoms with Crippen molar-refractivity contribution in [2.45, 2.75) is 33.1 Å². The lowest BCUT2D eigenvalue weighted by molar-refractivity contribution is 0.420. The van der Waals surface area contributed by atoms with Gasteiger partial charge in [-0.25, -0.2) is 0 Å². The molecule has 3 aromatic carbocycles. The van der Waals surface area contributed by atoms with Gasteiger partial charge >= 0.3 is 0 Å². The lowest BCUT2D eigenvalue weighted by Gasteiger charge is -2.27. The van der Waals surface area contributed by atoms with Gasteiger partial charge in [-0.3, -0.25) is 0 Å². The molecule has 0 saturated carbocycles. The van der Waals surface area contributed by atoms with Gasteiger partial charge in [0, 0.05) is 24.2 Å². The van der Waals surface area contributed by atoms with E-state index in [1.54, 1.807) is 0 Å². The van der Waals surface area contributed by atoms with Gasteiger partial charge in [0.2, 0.25) is 0 Å². The molecule has 1 heterocycles. The van der Waals surface area contributed by atoms with Gasteiger partial charge in [0.25, 0.3) is 0 Å². The van der Waals surface area contributed by atoms with Crippen LogP contribution >= 0.6 is 12.6 Å². The first kappa shape index (κ1) is 27.2. The van der Waals surface area contributed by atoms with E-state index in [-0.39, 0.29) is 5.76 Å². The molecule has 1 N–H and O–H groups in total. The zero-order valence-corrected chi connectivity index (χ0v) is 22.3. The van der Waals surface area contributed by atoms with Crippen LogP contribution in [0.2, 0.25) is 0 Å². The summed E-state index contributed by atoms with van der Waals surface area (Å²) in [5.41, 5.74) is 9.09. The predicted octanol–water partition coefficient (Wildman–Crippen LogP) is 8.79. The molecule has 0 atom stereocenters. The molecule has 186 valence electrons. The number of aryl methyl sites for hydroxylation is 2. The van der Waals surface area contributed by atoms with Crippen molar-refractivity contribution < 1.29 is 5.11 Å². The van der Waals surface area contributed by atoms with Crippen molar-refractivity contribution in [3.05, 3.63) is 138 Å². The number of aliphatic hydroxyl groups excluding tert-OH is 1. The van der Waals surface area contributed by atoms with Crippen LogP contribution in [0.4, 0.5) is 0 Å². The van der Waals surface area contributed by atoms with Crippen molar-refractivity contribution >= 4 is 18.2 Å². The van der Waals surface area contributed by atoms with E-state index in [9.17, 15) is 0 Å². The van der Waals surface area contributed by atoms with Crippen LogP contribution in [-0.2, 0) is 6.42 Å². The Morgan fingerprint density at radius 1 is 0.917 bits per heavy atom. The third-order valence-corrected chi connectivity index (χ3v) is 6.33. The van der Waals surface area contributed by atoms with Gasteiger partial charge in [-0.1, -0.05) is 110 Å². The predicted molar refractivity (Wildman–Crippen MR) is 159 cm³/mol. The Hall–Kier alpha value is -3.43. The number of hydrogen-bond donors (Lipinski definition) is 2. The van der Waals surface area contributed by atoms with E-state index in [1.165, 1.54) is 39.1 Å². The molecule has 0 bridgehead atoms. The van der Waals surface area contributed by atoms with Crippen LogP contribution in [0, 0.1) is 6.92 Å². The van der Waals surface area contributed by atoms with Crippen molar-refractivity contribution in [2.75, 3.05) is 12.3 Å². The van der Waals surface area contributed by atoms with E-state index < -0.39 is 0 Å². The molecular weight excluding hydrogens is 458 g/mol. The van der Waals surface area contributed by atoms with Crippen molar-refractivity contribution in [3.8, 4) is 11.1 Å². The van der Waals surface area contributed by atoms with E-state index in [1.807, 2.05) is 0 Å². The molecular formula is C33H37NOS. The summed E-state index contributed by atoms with van der Waals surface area (Å²) in [4.78, 5) is 2.42. The van der Waals surface area contributed by atoms with Crippen LogP contribution in [0.15, 0.2) is 121 Å². The Balaban J connectivity index is 0.000000658. The quantitative estimate of drug-likeness (QED) is 0.241. The summed E-state index contributed by atoms with van der Waals surface area (Å²) < 4.78 is 0. The van der Waals surface area contributed by atoms with E-state index >= 15 is 0 Å². The topological polar surface area (TPSA) is 23.5 Å². The molecule has 1 aliphatic rings. The summed E-state index contributed by atoms with van der Waals surface area (Å²) in [6.45, 7) is 8.51. The molecule has 0 amide bonds. The Bertz CT molecular complexity index is 1210. The smallest absolute Gasteiger partial charge is 0.0947 e. The molecule has 2 nitrogen and oxygen atoms in total. The van der Waals surface area contributed by atoms with Crippen LogP contribution in [-0.4, -0.2) is 22.3 Å². The standard InChI is InChI=1S/C30H31N.C3H6OS/c1-3-10-28-21-20-27(23-31(28)22-9-13-25-11-5-4-6-12-25)30-15-8-7-14-29(30)26-18-16-24(2)17-19-26;1-3(4)2-5/h4-8,10-12,14-21,23H,3,9,13,22H2,1-2H3;4-5H,1-2H2/b28-10-;. The van der Waals surface area contributed by atoms with Gasteiger partial charge in [0.05, 0.1) is 5.76 Å². The highest BCUT2D eigenvalue weighted by Gasteiger charge is 2.14. The highest BCUT2D eigenvalue weighted by atomic mass is 32.1. The van der Waals surface area contributed by atoms with E-state index in [2.05, 4.69) is 141 Å². The average molecular weight is 496 g/mol. The first-order valence-corrected chi connectivity index (χ1v) is 13.2. The fourth-order valence-electron chi connectivity index (χ4n) is 4.12. The molecule has 0 fully saturated rings. The largest absolute Gasteiger partial charge is 0.512 e. The van der Waals surface area contributed by atoms with Crippen LogP contribution in [0.5, 0.6) is 0 Å². The van der Waals surface area contributed by atoms with Gasteiger partial charge in [0.15, 0.2) is 0 Å². The van der Waals surface area contributed by atoms with Crippen LogP contribution in [0.3, 0.4) is 0 Å². The van der Waals surface area contributed by atoms with Crippen molar-refractivity contribution in [1.82, 2.24) is 4.90 Å². The number of allylic oxidation sites excluding steroid dienone is 4. The number of hydrogen-bond acceptors (Lipinski definition) is 3. The number of rotatable bonds is 8. The lowest BCUT2D eigenvalue weighted by Crippen LogP contribution is -2.20. The second kappa shape index (κ2) is 14.2. The Labute approximate surface area is 222 Å². The summed E-state index contributed by atoms with van der Waals surface area (Å²) in [6.07, 6.45) is 12.5. The van der Waals surface area contributed by atoms with Crippen LogP contribution < -0.4 is 0 Å². The third-order valence-electron chi connectivity index (χ3n) is 5.96. The van der Waals surface area contributed by atoms with Gasteiger partial charge in [0.1, 0.15) is 0 Å². The molecule has 0 radical (unpaired) electrons.